The molecule has 2 aromatic heterocycles. The molecule has 3 aromatic carbocycles. The normalized spacial score (nSPS) is 14.3. The summed E-state index contributed by atoms with van der Waals surface area (Å²) < 4.78 is 6.34. The highest BCUT2D eigenvalue weighted by atomic mass is 16.3. The van der Waals surface area contributed by atoms with E-state index in [0.29, 0.717) is 0 Å². The molecule has 0 saturated carbocycles. The van der Waals surface area contributed by atoms with E-state index in [9.17, 15) is 0 Å². The van der Waals surface area contributed by atoms with Crippen molar-refractivity contribution in [3.8, 4) is 22.6 Å². The van der Waals surface area contributed by atoms with Gasteiger partial charge in [-0.3, -0.25) is 0 Å². The third-order valence-electron chi connectivity index (χ3n) is 6.35. The Balaban J connectivity index is 1.66. The molecule has 0 saturated heterocycles. The Kier molecular flexibility index (Phi) is 3.18. The van der Waals surface area contributed by atoms with Gasteiger partial charge < -0.3 is 4.42 Å². The molecule has 29 heavy (non-hydrogen) atoms. The highest BCUT2D eigenvalue weighted by molar-refractivity contribution is 5.97. The summed E-state index contributed by atoms with van der Waals surface area (Å²) in [4.78, 5) is 5.03. The van der Waals surface area contributed by atoms with Crippen LogP contribution in [0.25, 0.3) is 44.5 Å². The minimum atomic E-state index is -0.158. The number of furan rings is 1. The quantitative estimate of drug-likeness (QED) is 0.308. The molecule has 0 atom stereocenters. The number of benzene rings is 3. The predicted octanol–water partition coefficient (Wildman–Crippen LogP) is 7.26. The first kappa shape index (κ1) is 16.6. The molecule has 1 aliphatic rings. The van der Waals surface area contributed by atoms with E-state index in [-0.39, 0.29) is 5.41 Å². The maximum atomic E-state index is 6.34. The molecule has 0 fully saturated rings. The summed E-state index contributed by atoms with van der Waals surface area (Å²) >= 11 is 0. The first-order chi connectivity index (χ1) is 14.1. The van der Waals surface area contributed by atoms with E-state index in [1.165, 1.54) is 38.6 Å². The van der Waals surface area contributed by atoms with Gasteiger partial charge in [-0.25, -0.2) is 4.98 Å². The molecule has 2 nitrogen and oxygen atoms in total. The van der Waals surface area contributed by atoms with Crippen molar-refractivity contribution in [2.75, 3.05) is 0 Å². The lowest BCUT2D eigenvalue weighted by atomic mass is 9.78. The topological polar surface area (TPSA) is 26.0 Å². The molecule has 5 aromatic rings. The van der Waals surface area contributed by atoms with Gasteiger partial charge in [-0.2, -0.15) is 0 Å². The molecule has 0 aliphatic heterocycles. The van der Waals surface area contributed by atoms with E-state index >= 15 is 0 Å². The Morgan fingerprint density at radius 3 is 2.34 bits per heavy atom. The van der Waals surface area contributed by atoms with E-state index in [0.717, 1.165) is 22.6 Å². The molecule has 1 aliphatic carbocycles. The number of aryl methyl sites for hydroxylation is 1. The molecule has 0 unspecified atom stereocenters. The highest BCUT2D eigenvalue weighted by Gasteiger charge is 2.42. The largest absolute Gasteiger partial charge is 0.456 e. The summed E-state index contributed by atoms with van der Waals surface area (Å²) in [6.07, 6.45) is 0. The standard InChI is InChI=1S/C27H21NO/c1-16-15-22(28-21-13-6-4-9-17(16)21)18-11-8-12-20-24(18)27(2,3)25-19-10-5-7-14-23(19)29-26(20)25/h4-15H,1-3H3. The third kappa shape index (κ3) is 2.14. The van der Waals surface area contributed by atoms with Crippen LogP contribution >= 0.6 is 0 Å². The van der Waals surface area contributed by atoms with Crippen LogP contribution in [0.1, 0.15) is 30.5 Å². The van der Waals surface area contributed by atoms with Crippen LogP contribution in [0.2, 0.25) is 0 Å². The average molecular weight is 375 g/mol. The first-order valence-corrected chi connectivity index (χ1v) is 10.1. The Bertz CT molecular complexity index is 1440. The van der Waals surface area contributed by atoms with Crippen molar-refractivity contribution in [3.63, 3.8) is 0 Å². The van der Waals surface area contributed by atoms with Gasteiger partial charge in [0, 0.05) is 32.9 Å². The Morgan fingerprint density at radius 2 is 1.48 bits per heavy atom. The van der Waals surface area contributed by atoms with Crippen molar-refractivity contribution in [1.82, 2.24) is 4.98 Å². The van der Waals surface area contributed by atoms with Crippen LogP contribution in [-0.4, -0.2) is 4.98 Å². The van der Waals surface area contributed by atoms with Crippen molar-refractivity contribution >= 4 is 21.9 Å². The van der Waals surface area contributed by atoms with Crippen LogP contribution in [0, 0.1) is 6.92 Å². The van der Waals surface area contributed by atoms with Gasteiger partial charge in [-0.1, -0.05) is 68.4 Å². The molecule has 0 radical (unpaired) electrons. The molecule has 2 heterocycles. The van der Waals surface area contributed by atoms with Crippen molar-refractivity contribution in [1.29, 1.82) is 0 Å². The van der Waals surface area contributed by atoms with E-state index in [1.807, 2.05) is 6.07 Å². The molecule has 0 bridgehead atoms. The van der Waals surface area contributed by atoms with Crippen molar-refractivity contribution in [2.45, 2.75) is 26.2 Å². The van der Waals surface area contributed by atoms with E-state index in [2.05, 4.69) is 87.5 Å². The molecule has 140 valence electrons. The van der Waals surface area contributed by atoms with Crippen LogP contribution in [0.15, 0.2) is 77.2 Å². The van der Waals surface area contributed by atoms with Crippen LogP contribution in [0.4, 0.5) is 0 Å². The second-order valence-electron chi connectivity index (χ2n) is 8.50. The van der Waals surface area contributed by atoms with Crippen LogP contribution < -0.4 is 0 Å². The van der Waals surface area contributed by atoms with Gasteiger partial charge in [0.05, 0.1) is 11.2 Å². The second-order valence-corrected chi connectivity index (χ2v) is 8.50. The predicted molar refractivity (Wildman–Crippen MR) is 119 cm³/mol. The molecular weight excluding hydrogens is 354 g/mol. The van der Waals surface area contributed by atoms with Gasteiger partial charge in [0.25, 0.3) is 0 Å². The highest BCUT2D eigenvalue weighted by Crippen LogP contribution is 2.55. The van der Waals surface area contributed by atoms with E-state index < -0.39 is 0 Å². The van der Waals surface area contributed by atoms with Crippen LogP contribution in [-0.2, 0) is 5.41 Å². The molecular formula is C27H21NO. The minimum absolute atomic E-state index is 0.158. The maximum absolute atomic E-state index is 6.34. The number of nitrogens with zero attached hydrogens (tertiary/aromatic N) is 1. The van der Waals surface area contributed by atoms with Gasteiger partial charge in [-0.05, 0) is 36.2 Å². The fraction of sp³-hybridized carbons (Fsp3) is 0.148. The zero-order valence-electron chi connectivity index (χ0n) is 16.8. The number of rotatable bonds is 1. The SMILES string of the molecule is Cc1cc(-c2cccc3c2C(C)(C)c2c-3oc3ccccc23)nc2ccccc12. The lowest BCUT2D eigenvalue weighted by Crippen LogP contribution is -2.16. The Morgan fingerprint density at radius 1 is 0.759 bits per heavy atom. The molecule has 0 spiro atoms. The van der Waals surface area contributed by atoms with Crippen LogP contribution in [0.5, 0.6) is 0 Å². The maximum Gasteiger partial charge on any atom is 0.139 e. The summed E-state index contributed by atoms with van der Waals surface area (Å²) in [6, 6.07) is 25.4. The first-order valence-electron chi connectivity index (χ1n) is 10.1. The number of aromatic nitrogens is 1. The number of fused-ring (bicyclic) bond motifs is 6. The second kappa shape index (κ2) is 5.57. The van der Waals surface area contributed by atoms with Crippen molar-refractivity contribution in [2.24, 2.45) is 0 Å². The average Bonchev–Trinajstić information content (AvgIpc) is 3.22. The number of para-hydroxylation sites is 2. The monoisotopic (exact) mass is 375 g/mol. The van der Waals surface area contributed by atoms with Gasteiger partial charge >= 0.3 is 0 Å². The third-order valence-corrected chi connectivity index (χ3v) is 6.35. The zero-order valence-corrected chi connectivity index (χ0v) is 16.8. The molecule has 0 N–H and O–H groups in total. The van der Waals surface area contributed by atoms with Crippen molar-refractivity contribution < 1.29 is 4.42 Å². The van der Waals surface area contributed by atoms with Gasteiger partial charge in [0.1, 0.15) is 11.3 Å². The number of hydrogen-bond acceptors (Lipinski definition) is 2. The smallest absolute Gasteiger partial charge is 0.139 e. The molecule has 6 rings (SSSR count). The minimum Gasteiger partial charge on any atom is -0.456 e. The molecule has 2 heteroatoms. The Labute approximate surface area is 169 Å². The number of hydrogen-bond donors (Lipinski definition) is 0. The van der Waals surface area contributed by atoms with Gasteiger partial charge in [0.2, 0.25) is 0 Å². The van der Waals surface area contributed by atoms with E-state index in [4.69, 9.17) is 9.40 Å². The fourth-order valence-electron chi connectivity index (χ4n) is 5.10. The summed E-state index contributed by atoms with van der Waals surface area (Å²) in [5, 5.41) is 2.42. The van der Waals surface area contributed by atoms with E-state index in [1.54, 1.807) is 0 Å². The zero-order chi connectivity index (χ0) is 19.8. The van der Waals surface area contributed by atoms with Crippen LogP contribution in [0.3, 0.4) is 0 Å². The number of pyridine rings is 1. The van der Waals surface area contributed by atoms with Gasteiger partial charge in [0.15, 0.2) is 0 Å². The van der Waals surface area contributed by atoms with Gasteiger partial charge in [-0.15, -0.1) is 0 Å². The summed E-state index contributed by atoms with van der Waals surface area (Å²) in [6.45, 7) is 6.77. The fourth-order valence-corrected chi connectivity index (χ4v) is 5.10. The summed E-state index contributed by atoms with van der Waals surface area (Å²) in [5.74, 6) is 1.01. The lowest BCUT2D eigenvalue weighted by molar-refractivity contribution is 0.619. The summed E-state index contributed by atoms with van der Waals surface area (Å²) in [7, 11) is 0. The van der Waals surface area contributed by atoms with Crippen molar-refractivity contribution in [3.05, 3.63) is 89.5 Å². The molecule has 0 amide bonds. The lowest BCUT2D eigenvalue weighted by Gasteiger charge is -2.24. The Hall–Kier alpha value is -3.39. The summed E-state index contributed by atoms with van der Waals surface area (Å²) in [5.41, 5.74) is 9.09.